The van der Waals surface area contributed by atoms with E-state index in [2.05, 4.69) is 4.98 Å². The molecule has 0 aliphatic carbocycles. The Morgan fingerprint density at radius 1 is 1.46 bits per heavy atom. The lowest BCUT2D eigenvalue weighted by molar-refractivity contribution is -0.136. The van der Waals surface area contributed by atoms with Crippen LogP contribution in [0.2, 0.25) is 0 Å². The molecule has 4 heteroatoms. The average Bonchev–Trinajstić information content (AvgIpc) is 2.44. The van der Waals surface area contributed by atoms with Crippen molar-refractivity contribution in [2.75, 3.05) is 0 Å². The zero-order valence-corrected chi connectivity index (χ0v) is 7.54. The summed E-state index contributed by atoms with van der Waals surface area (Å²) < 4.78 is 1.04. The Labute approximate surface area is 78.7 Å². The second-order valence-electron chi connectivity index (χ2n) is 2.65. The number of carbonyl (C=O) groups is 1. The highest BCUT2D eigenvalue weighted by atomic mass is 32.1. The van der Waals surface area contributed by atoms with Crippen molar-refractivity contribution in [1.82, 2.24) is 4.98 Å². The number of carboxylic acids is 1. The summed E-state index contributed by atoms with van der Waals surface area (Å²) in [5.41, 5.74) is 0.878. The third kappa shape index (κ3) is 1.67. The number of nitrogens with zero attached hydrogens (tertiary/aromatic N) is 1. The van der Waals surface area contributed by atoms with Gasteiger partial charge < -0.3 is 5.11 Å². The van der Waals surface area contributed by atoms with E-state index in [1.165, 1.54) is 11.3 Å². The molecule has 0 bridgehead atoms. The van der Waals surface area contributed by atoms with Gasteiger partial charge in [0.15, 0.2) is 0 Å². The van der Waals surface area contributed by atoms with E-state index in [4.69, 9.17) is 5.11 Å². The Morgan fingerprint density at radius 2 is 2.23 bits per heavy atom. The quantitative estimate of drug-likeness (QED) is 0.792. The average molecular weight is 193 g/mol. The molecule has 0 spiro atoms. The summed E-state index contributed by atoms with van der Waals surface area (Å²) in [5, 5.41) is 9.22. The second-order valence-corrected chi connectivity index (χ2v) is 3.76. The lowest BCUT2D eigenvalue weighted by Crippen LogP contribution is -1.98. The molecule has 0 radical (unpaired) electrons. The molecule has 0 unspecified atom stereocenters. The molecule has 1 aromatic heterocycles. The van der Waals surface area contributed by atoms with Gasteiger partial charge in [-0.25, -0.2) is 4.98 Å². The van der Waals surface area contributed by atoms with Crippen molar-refractivity contribution in [1.29, 1.82) is 0 Å². The highest BCUT2D eigenvalue weighted by Gasteiger charge is 2.06. The van der Waals surface area contributed by atoms with E-state index < -0.39 is 5.97 Å². The summed E-state index contributed by atoms with van der Waals surface area (Å²) in [4.78, 5) is 14.6. The van der Waals surface area contributed by atoms with Crippen molar-refractivity contribution in [2.45, 2.75) is 6.42 Å². The fourth-order valence-corrected chi connectivity index (χ4v) is 2.08. The van der Waals surface area contributed by atoms with Crippen molar-refractivity contribution in [3.63, 3.8) is 0 Å². The monoisotopic (exact) mass is 193 g/mol. The minimum Gasteiger partial charge on any atom is -0.481 e. The molecule has 2 rings (SSSR count). The fourth-order valence-electron chi connectivity index (χ4n) is 1.12. The molecule has 0 aliphatic heterocycles. The number of fused-ring (bicyclic) bond motifs is 1. The smallest absolute Gasteiger partial charge is 0.310 e. The number of thiazole rings is 1. The second kappa shape index (κ2) is 3.14. The first-order chi connectivity index (χ1) is 6.25. The van der Waals surface area contributed by atoms with Crippen molar-refractivity contribution >= 4 is 27.5 Å². The van der Waals surface area contributed by atoms with Crippen molar-refractivity contribution in [2.24, 2.45) is 0 Å². The first kappa shape index (κ1) is 8.19. The van der Waals surface area contributed by atoms with Crippen molar-refractivity contribution in [3.8, 4) is 0 Å². The molecule has 1 aromatic carbocycles. The SMILES string of the molecule is O=C(O)Cc1nc2ccccc2s1. The van der Waals surface area contributed by atoms with Gasteiger partial charge in [0.25, 0.3) is 0 Å². The Hall–Kier alpha value is -1.42. The molecular weight excluding hydrogens is 186 g/mol. The van der Waals surface area contributed by atoms with Gasteiger partial charge in [-0.3, -0.25) is 4.79 Å². The number of carboxylic acid groups (broad SMARTS) is 1. The van der Waals surface area contributed by atoms with Crippen LogP contribution in [-0.2, 0) is 11.2 Å². The Balaban J connectivity index is 2.44. The zero-order chi connectivity index (χ0) is 9.26. The molecule has 1 heterocycles. The molecule has 1 N–H and O–H groups in total. The maximum Gasteiger partial charge on any atom is 0.310 e. The summed E-state index contributed by atoms with van der Waals surface area (Å²) >= 11 is 1.43. The normalized spacial score (nSPS) is 10.5. The maximum atomic E-state index is 10.4. The van der Waals surface area contributed by atoms with Crippen LogP contribution in [0.1, 0.15) is 5.01 Å². The van der Waals surface area contributed by atoms with Crippen LogP contribution in [0.4, 0.5) is 0 Å². The number of benzene rings is 1. The van der Waals surface area contributed by atoms with Crippen LogP contribution in [0.25, 0.3) is 10.2 Å². The lowest BCUT2D eigenvalue weighted by Gasteiger charge is -1.84. The Bertz CT molecular complexity index is 417. The topological polar surface area (TPSA) is 50.2 Å². The zero-order valence-electron chi connectivity index (χ0n) is 6.73. The van der Waals surface area contributed by atoms with Gasteiger partial charge in [0.2, 0.25) is 0 Å². The Kier molecular flexibility index (Phi) is 1.98. The van der Waals surface area contributed by atoms with Crippen LogP contribution in [0, 0.1) is 0 Å². The third-order valence-electron chi connectivity index (χ3n) is 1.64. The molecular formula is C9H7NO2S. The van der Waals surface area contributed by atoms with E-state index in [9.17, 15) is 4.79 Å². The number of aromatic nitrogens is 1. The molecule has 66 valence electrons. The van der Waals surface area contributed by atoms with Gasteiger partial charge in [0, 0.05) is 0 Å². The van der Waals surface area contributed by atoms with Crippen LogP contribution >= 0.6 is 11.3 Å². The number of para-hydroxylation sites is 1. The molecule has 0 saturated carbocycles. The summed E-state index contributed by atoms with van der Waals surface area (Å²) in [6.45, 7) is 0. The van der Waals surface area contributed by atoms with Crippen molar-refractivity contribution in [3.05, 3.63) is 29.3 Å². The lowest BCUT2D eigenvalue weighted by atomic mass is 10.3. The first-order valence-corrected chi connectivity index (χ1v) is 4.63. The largest absolute Gasteiger partial charge is 0.481 e. The van der Waals surface area contributed by atoms with Gasteiger partial charge >= 0.3 is 5.97 Å². The minimum atomic E-state index is -0.834. The molecule has 13 heavy (non-hydrogen) atoms. The highest BCUT2D eigenvalue weighted by Crippen LogP contribution is 2.21. The molecule has 0 amide bonds. The molecule has 3 nitrogen and oxygen atoms in total. The summed E-state index contributed by atoms with van der Waals surface area (Å²) in [6, 6.07) is 7.65. The predicted octanol–water partition coefficient (Wildman–Crippen LogP) is 1.92. The van der Waals surface area contributed by atoms with Crippen molar-refractivity contribution < 1.29 is 9.90 Å². The summed E-state index contributed by atoms with van der Waals surface area (Å²) in [6.07, 6.45) is 0.0132. The van der Waals surface area contributed by atoms with Gasteiger partial charge in [0.1, 0.15) is 5.01 Å². The minimum absolute atomic E-state index is 0.0132. The summed E-state index contributed by atoms with van der Waals surface area (Å²) in [5.74, 6) is -0.834. The number of rotatable bonds is 2. The molecule has 2 aromatic rings. The number of hydrogen-bond donors (Lipinski definition) is 1. The first-order valence-electron chi connectivity index (χ1n) is 3.82. The molecule has 0 saturated heterocycles. The number of aliphatic carboxylic acids is 1. The van der Waals surface area contributed by atoms with Crippen LogP contribution in [0.5, 0.6) is 0 Å². The Morgan fingerprint density at radius 3 is 2.92 bits per heavy atom. The van der Waals surface area contributed by atoms with Crippen LogP contribution in [0.3, 0.4) is 0 Å². The van der Waals surface area contributed by atoms with E-state index in [-0.39, 0.29) is 6.42 Å². The molecule has 0 atom stereocenters. The number of hydrogen-bond acceptors (Lipinski definition) is 3. The van der Waals surface area contributed by atoms with E-state index in [0.717, 1.165) is 10.2 Å². The predicted molar refractivity (Wildman–Crippen MR) is 51.0 cm³/mol. The van der Waals surface area contributed by atoms with Gasteiger partial charge in [-0.1, -0.05) is 12.1 Å². The molecule has 0 aliphatic rings. The van der Waals surface area contributed by atoms with E-state index in [1.807, 2.05) is 24.3 Å². The van der Waals surface area contributed by atoms with Gasteiger partial charge in [0.05, 0.1) is 16.6 Å². The third-order valence-corrected chi connectivity index (χ3v) is 2.68. The highest BCUT2D eigenvalue weighted by molar-refractivity contribution is 7.18. The van der Waals surface area contributed by atoms with Crippen LogP contribution < -0.4 is 0 Å². The molecule has 0 fully saturated rings. The fraction of sp³-hybridized carbons (Fsp3) is 0.111. The summed E-state index contributed by atoms with van der Waals surface area (Å²) in [7, 11) is 0. The van der Waals surface area contributed by atoms with Gasteiger partial charge in [-0.2, -0.15) is 0 Å². The van der Waals surface area contributed by atoms with Crippen LogP contribution in [-0.4, -0.2) is 16.1 Å². The van der Waals surface area contributed by atoms with Crippen LogP contribution in [0.15, 0.2) is 24.3 Å². The van der Waals surface area contributed by atoms with E-state index in [0.29, 0.717) is 5.01 Å². The maximum absolute atomic E-state index is 10.4. The van der Waals surface area contributed by atoms with E-state index in [1.54, 1.807) is 0 Å². The van der Waals surface area contributed by atoms with Gasteiger partial charge in [-0.05, 0) is 12.1 Å². The van der Waals surface area contributed by atoms with Gasteiger partial charge in [-0.15, -0.1) is 11.3 Å². The van der Waals surface area contributed by atoms with E-state index >= 15 is 0 Å². The standard InChI is InChI=1S/C9H7NO2S/c11-9(12)5-8-10-6-3-1-2-4-7(6)13-8/h1-4H,5H2,(H,11,12).